The highest BCUT2D eigenvalue weighted by atomic mass is 79.9. The van der Waals surface area contributed by atoms with Crippen molar-refractivity contribution >= 4 is 37.9 Å². The lowest BCUT2D eigenvalue weighted by molar-refractivity contribution is 0.106. The summed E-state index contributed by atoms with van der Waals surface area (Å²) >= 11 is 3.24. The molecule has 1 fully saturated rings. The van der Waals surface area contributed by atoms with E-state index in [9.17, 15) is 9.18 Å². The summed E-state index contributed by atoms with van der Waals surface area (Å²) < 4.78 is 23.1. The van der Waals surface area contributed by atoms with Crippen molar-refractivity contribution in [3.63, 3.8) is 0 Å². The second-order valence-electron chi connectivity index (χ2n) is 6.31. The van der Waals surface area contributed by atoms with E-state index in [2.05, 4.69) is 20.9 Å². The molecule has 0 aliphatic heterocycles. The number of aryl methyl sites for hydroxylation is 1. The molecule has 0 radical (unpaired) electrons. The molecule has 1 aliphatic carbocycles. The van der Waals surface area contributed by atoms with E-state index in [-0.39, 0.29) is 23.7 Å². The summed E-state index contributed by atoms with van der Waals surface area (Å²) in [6.45, 7) is 0. The zero-order valence-corrected chi connectivity index (χ0v) is 15.0. The van der Waals surface area contributed by atoms with Gasteiger partial charge in [0.05, 0.1) is 33.3 Å². The molecule has 126 valence electrons. The van der Waals surface area contributed by atoms with E-state index in [1.807, 2.05) is 4.57 Å². The second kappa shape index (κ2) is 5.67. The number of ether oxygens (including phenoxy) is 1. The van der Waals surface area contributed by atoms with Gasteiger partial charge in [0.25, 0.3) is 0 Å². The number of halogens is 2. The number of fused-ring (bicyclic) bond motifs is 3. The predicted octanol–water partition coefficient (Wildman–Crippen LogP) is 3.53. The monoisotopic (exact) mass is 393 g/mol. The third kappa shape index (κ3) is 2.22. The Morgan fingerprint density at radius 3 is 2.88 bits per heavy atom. The van der Waals surface area contributed by atoms with E-state index >= 15 is 0 Å². The van der Waals surface area contributed by atoms with Gasteiger partial charge < -0.3 is 4.74 Å². The van der Waals surface area contributed by atoms with Crippen molar-refractivity contribution < 1.29 is 9.13 Å². The first-order chi connectivity index (χ1) is 11.5. The minimum absolute atomic E-state index is 0.0681. The van der Waals surface area contributed by atoms with Crippen LogP contribution in [0.2, 0.25) is 0 Å². The van der Waals surface area contributed by atoms with Gasteiger partial charge in [-0.15, -0.1) is 0 Å². The maximum absolute atomic E-state index is 13.9. The fourth-order valence-electron chi connectivity index (χ4n) is 3.73. The topological polar surface area (TPSA) is 49.0 Å². The van der Waals surface area contributed by atoms with Crippen molar-refractivity contribution in [3.05, 3.63) is 39.1 Å². The van der Waals surface area contributed by atoms with E-state index in [0.29, 0.717) is 9.99 Å². The van der Waals surface area contributed by atoms with E-state index in [1.165, 1.54) is 6.07 Å². The standard InChI is InChI=1S/C17H17BrFN3O2/c1-21-15-8-20-14-7-13(19)12(18)6-11(14)16(15)22(17(21)23)9-3-4-10(5-9)24-2/h6-10H,3-5H2,1-2H3/t9-,10-/m0/s1. The molecule has 1 aromatic carbocycles. The lowest BCUT2D eigenvalue weighted by Gasteiger charge is -2.13. The largest absolute Gasteiger partial charge is 0.381 e. The highest BCUT2D eigenvalue weighted by molar-refractivity contribution is 9.10. The van der Waals surface area contributed by atoms with Crippen molar-refractivity contribution in [2.75, 3.05) is 7.11 Å². The Balaban J connectivity index is 2.05. The minimum atomic E-state index is -0.362. The van der Waals surface area contributed by atoms with Crippen molar-refractivity contribution in [2.45, 2.75) is 31.4 Å². The maximum Gasteiger partial charge on any atom is 0.329 e. The molecule has 5 nitrogen and oxygen atoms in total. The highest BCUT2D eigenvalue weighted by Crippen LogP contribution is 2.35. The summed E-state index contributed by atoms with van der Waals surface area (Å²) in [6.07, 6.45) is 4.46. The number of hydrogen-bond acceptors (Lipinski definition) is 3. The number of aromatic nitrogens is 3. The van der Waals surface area contributed by atoms with Gasteiger partial charge in [-0.3, -0.25) is 14.1 Å². The molecule has 2 heterocycles. The van der Waals surface area contributed by atoms with Crippen LogP contribution in [0.3, 0.4) is 0 Å². The van der Waals surface area contributed by atoms with E-state index in [1.54, 1.807) is 31.0 Å². The molecular weight excluding hydrogens is 377 g/mol. The van der Waals surface area contributed by atoms with Gasteiger partial charge in [0.15, 0.2) is 0 Å². The van der Waals surface area contributed by atoms with Gasteiger partial charge in [-0.25, -0.2) is 9.18 Å². The van der Waals surface area contributed by atoms with Crippen LogP contribution < -0.4 is 5.69 Å². The normalized spacial score (nSPS) is 21.2. The highest BCUT2D eigenvalue weighted by Gasteiger charge is 2.29. The molecular formula is C17H17BrFN3O2. The molecule has 4 rings (SSSR count). The van der Waals surface area contributed by atoms with Gasteiger partial charge in [0, 0.05) is 31.7 Å². The fourth-order valence-corrected chi connectivity index (χ4v) is 4.07. The average Bonchev–Trinajstić information content (AvgIpc) is 3.13. The molecule has 24 heavy (non-hydrogen) atoms. The van der Waals surface area contributed by atoms with Crippen molar-refractivity contribution in [2.24, 2.45) is 7.05 Å². The Labute approximate surface area is 146 Å². The zero-order valence-electron chi connectivity index (χ0n) is 13.4. The minimum Gasteiger partial charge on any atom is -0.381 e. The van der Waals surface area contributed by atoms with Crippen LogP contribution in [-0.4, -0.2) is 27.3 Å². The SMILES string of the molecule is CO[C@H]1CC[C@H](n2c(=O)n(C)c3cnc4cc(F)c(Br)cc4c32)C1. The Bertz CT molecular complexity index is 1010. The van der Waals surface area contributed by atoms with Crippen LogP contribution in [0, 0.1) is 5.82 Å². The summed E-state index contributed by atoms with van der Waals surface area (Å²) in [4.78, 5) is 17.2. The van der Waals surface area contributed by atoms with Crippen LogP contribution in [0.1, 0.15) is 25.3 Å². The molecule has 1 aliphatic rings. The first-order valence-electron chi connectivity index (χ1n) is 7.88. The van der Waals surface area contributed by atoms with Crippen LogP contribution >= 0.6 is 15.9 Å². The molecule has 0 amide bonds. The summed E-state index contributed by atoms with van der Waals surface area (Å²) in [6, 6.07) is 3.19. The summed E-state index contributed by atoms with van der Waals surface area (Å²) in [7, 11) is 3.45. The average molecular weight is 394 g/mol. The van der Waals surface area contributed by atoms with Gasteiger partial charge in [-0.1, -0.05) is 0 Å². The van der Waals surface area contributed by atoms with Gasteiger partial charge in [0.2, 0.25) is 0 Å². The van der Waals surface area contributed by atoms with E-state index < -0.39 is 0 Å². The Morgan fingerprint density at radius 2 is 2.17 bits per heavy atom. The Hall–Kier alpha value is -1.73. The quantitative estimate of drug-likeness (QED) is 0.668. The molecule has 2 aromatic heterocycles. The van der Waals surface area contributed by atoms with Crippen LogP contribution in [0.25, 0.3) is 21.9 Å². The number of hydrogen-bond donors (Lipinski definition) is 0. The molecule has 0 N–H and O–H groups in total. The molecule has 0 unspecified atom stereocenters. The molecule has 3 aromatic rings. The molecule has 1 saturated carbocycles. The fraction of sp³-hybridized carbons (Fsp3) is 0.412. The van der Waals surface area contributed by atoms with Crippen LogP contribution in [-0.2, 0) is 11.8 Å². The number of benzene rings is 1. The third-order valence-corrected chi connectivity index (χ3v) is 5.62. The van der Waals surface area contributed by atoms with Crippen molar-refractivity contribution in [3.8, 4) is 0 Å². The molecule has 0 saturated heterocycles. The second-order valence-corrected chi connectivity index (χ2v) is 7.17. The smallest absolute Gasteiger partial charge is 0.329 e. The van der Waals surface area contributed by atoms with Crippen molar-refractivity contribution in [1.82, 2.24) is 14.1 Å². The van der Waals surface area contributed by atoms with Crippen LogP contribution in [0.4, 0.5) is 4.39 Å². The first kappa shape index (κ1) is 15.8. The van der Waals surface area contributed by atoms with Gasteiger partial charge in [-0.2, -0.15) is 0 Å². The number of pyridine rings is 1. The third-order valence-electron chi connectivity index (χ3n) is 5.01. The molecule has 0 bridgehead atoms. The van der Waals surface area contributed by atoms with E-state index in [4.69, 9.17) is 4.74 Å². The predicted molar refractivity (Wildman–Crippen MR) is 93.8 cm³/mol. The van der Waals surface area contributed by atoms with Crippen molar-refractivity contribution in [1.29, 1.82) is 0 Å². The van der Waals surface area contributed by atoms with E-state index in [0.717, 1.165) is 35.7 Å². The zero-order chi connectivity index (χ0) is 17.0. The molecule has 7 heteroatoms. The van der Waals surface area contributed by atoms with Gasteiger partial charge in [-0.05, 0) is 41.3 Å². The maximum atomic E-state index is 13.9. The number of methoxy groups -OCH3 is 1. The van der Waals surface area contributed by atoms with Crippen LogP contribution in [0.15, 0.2) is 27.6 Å². The lowest BCUT2D eigenvalue weighted by Crippen LogP contribution is -2.25. The number of imidazole rings is 1. The summed E-state index contributed by atoms with van der Waals surface area (Å²) in [5, 5.41) is 0.777. The molecule has 0 spiro atoms. The van der Waals surface area contributed by atoms with Gasteiger partial charge >= 0.3 is 5.69 Å². The number of rotatable bonds is 2. The number of nitrogens with zero attached hydrogens (tertiary/aromatic N) is 3. The summed E-state index contributed by atoms with van der Waals surface area (Å²) in [5.74, 6) is -0.362. The Morgan fingerprint density at radius 1 is 1.38 bits per heavy atom. The van der Waals surface area contributed by atoms with Crippen LogP contribution in [0.5, 0.6) is 0 Å². The first-order valence-corrected chi connectivity index (χ1v) is 8.68. The molecule has 2 atom stereocenters. The summed E-state index contributed by atoms with van der Waals surface area (Å²) in [5.41, 5.74) is 2.05. The van der Waals surface area contributed by atoms with Gasteiger partial charge in [0.1, 0.15) is 5.82 Å². The Kier molecular flexibility index (Phi) is 3.73. The lowest BCUT2D eigenvalue weighted by atomic mass is 10.1.